The number of esters is 1. The summed E-state index contributed by atoms with van der Waals surface area (Å²) < 4.78 is 16.6. The molecule has 2 saturated heterocycles. The first-order valence-corrected chi connectivity index (χ1v) is 19.9. The number of nitrogens with zero attached hydrogens (tertiary/aromatic N) is 1. The predicted molar refractivity (Wildman–Crippen MR) is 203 cm³/mol. The van der Waals surface area contributed by atoms with Gasteiger partial charge >= 0.3 is 12.0 Å². The van der Waals surface area contributed by atoms with Gasteiger partial charge in [-0.25, -0.2) is 9.59 Å². The summed E-state index contributed by atoms with van der Waals surface area (Å²) in [5.41, 5.74) is 0.218. The molecule has 54 heavy (non-hydrogen) atoms. The Bertz CT molecular complexity index is 1590. The minimum atomic E-state index is -0.765. The maximum Gasteiger partial charge on any atom is 0.342 e. The highest BCUT2D eigenvalue weighted by atomic mass is 35.5. The molecule has 0 bridgehead atoms. The van der Waals surface area contributed by atoms with Crippen LogP contribution in [0.3, 0.4) is 0 Å². The highest BCUT2D eigenvalue weighted by molar-refractivity contribution is 8.00. The minimum absolute atomic E-state index is 0.0119. The number of carbonyl (C=O) groups excluding carboxylic acids is 4. The van der Waals surface area contributed by atoms with Gasteiger partial charge in [-0.15, -0.1) is 0 Å². The number of phenols is 2. The number of halogens is 1. The molecule has 0 radical (unpaired) electrons. The summed E-state index contributed by atoms with van der Waals surface area (Å²) in [4.78, 5) is 54.4. The normalized spacial score (nSPS) is 26.6. The number of aromatic hydroxyl groups is 2. The van der Waals surface area contributed by atoms with Crippen LogP contribution in [0.1, 0.15) is 61.4 Å². The lowest BCUT2D eigenvalue weighted by Crippen LogP contribution is -2.36. The molecule has 1 aliphatic carbocycles. The van der Waals surface area contributed by atoms with Crippen molar-refractivity contribution in [1.29, 1.82) is 0 Å². The van der Waals surface area contributed by atoms with Crippen molar-refractivity contribution in [2.75, 3.05) is 51.9 Å². The number of phenolic OH excluding ortho intramolecular Hbond substituents is 2. The lowest BCUT2D eigenvalue weighted by atomic mass is 9.99. The van der Waals surface area contributed by atoms with Gasteiger partial charge in [0.2, 0.25) is 5.91 Å². The molecule has 1 saturated carbocycles. The van der Waals surface area contributed by atoms with Crippen LogP contribution in [0.2, 0.25) is 5.02 Å². The lowest BCUT2D eigenvalue weighted by Gasteiger charge is -2.17. The molecule has 6 N–H and O–H groups in total. The third-order valence-corrected chi connectivity index (χ3v) is 11.5. The van der Waals surface area contributed by atoms with Crippen molar-refractivity contribution >= 4 is 52.9 Å². The maximum atomic E-state index is 13.1. The summed E-state index contributed by atoms with van der Waals surface area (Å²) in [6, 6.07) is 1.31. The number of ether oxygens (including phenoxy) is 3. The third-order valence-electron chi connectivity index (χ3n) is 9.53. The first kappa shape index (κ1) is 41.2. The average Bonchev–Trinajstić information content (AvgIpc) is 3.58. The quantitative estimate of drug-likeness (QED) is 0.0584. The number of urea groups is 1. The van der Waals surface area contributed by atoms with E-state index in [-0.39, 0.29) is 65.5 Å². The van der Waals surface area contributed by atoms with E-state index in [4.69, 9.17) is 30.6 Å². The van der Waals surface area contributed by atoms with Gasteiger partial charge in [0.1, 0.15) is 17.1 Å². The zero-order valence-corrected chi connectivity index (χ0v) is 31.9. The van der Waals surface area contributed by atoms with Crippen LogP contribution in [0.5, 0.6) is 11.5 Å². The largest absolute Gasteiger partial charge is 0.507 e. The van der Waals surface area contributed by atoms with E-state index in [2.05, 4.69) is 32.5 Å². The van der Waals surface area contributed by atoms with Crippen LogP contribution in [0, 0.1) is 11.8 Å². The standard InChI is InChI=1S/C37H50ClN5O10S/c1-22-16-24-17-23(24)6-2-3-7-25(18-26-33(36(48)53-22)28(44)19-29(45)34(26)38)43-52-20-32(47)40-11-13-51-15-14-50-12-10-39-31(46)9-5-4-8-30-35-27(21-54-30)41-37(49)42-35/h2-3,6-7,19,22-24,27,30,35,44-45H,4-5,8-18,20-21H2,1H3,(H,39,46)(H,40,47)(H2,41,42,49)/b6-2-,7-3+,43-25-/t22-,23+,24+,27+,30+,35+/m1/s1. The second kappa shape index (κ2) is 20.6. The van der Waals surface area contributed by atoms with E-state index in [0.717, 1.165) is 37.5 Å². The fourth-order valence-corrected chi connectivity index (χ4v) is 8.44. The molecule has 0 spiro atoms. The van der Waals surface area contributed by atoms with E-state index in [0.29, 0.717) is 56.3 Å². The highest BCUT2D eigenvalue weighted by Crippen LogP contribution is 2.44. The molecule has 3 fully saturated rings. The second-order valence-electron chi connectivity index (χ2n) is 13.8. The predicted octanol–water partition coefficient (Wildman–Crippen LogP) is 3.36. The number of benzene rings is 1. The maximum absolute atomic E-state index is 13.1. The van der Waals surface area contributed by atoms with Crippen molar-refractivity contribution in [2.24, 2.45) is 17.0 Å². The molecule has 0 unspecified atom stereocenters. The topological polar surface area (TPSA) is 206 Å². The van der Waals surface area contributed by atoms with Gasteiger partial charge in [0, 0.05) is 43.0 Å². The molecule has 1 aromatic carbocycles. The minimum Gasteiger partial charge on any atom is -0.507 e. The first-order chi connectivity index (χ1) is 26.1. The number of carbonyl (C=O) groups is 4. The van der Waals surface area contributed by atoms with Crippen LogP contribution in [0.25, 0.3) is 0 Å². The van der Waals surface area contributed by atoms with Gasteiger partial charge in [0.05, 0.1) is 55.3 Å². The van der Waals surface area contributed by atoms with Crippen molar-refractivity contribution < 1.29 is 48.4 Å². The van der Waals surface area contributed by atoms with E-state index in [1.54, 1.807) is 19.1 Å². The molecule has 1 aromatic rings. The number of allylic oxidation sites excluding steroid dienone is 4. The second-order valence-corrected chi connectivity index (χ2v) is 15.4. The Morgan fingerprint density at radius 2 is 1.78 bits per heavy atom. The molecule has 17 heteroatoms. The van der Waals surface area contributed by atoms with Gasteiger partial charge < -0.3 is 50.5 Å². The number of unbranched alkanes of at least 4 members (excludes halogenated alkanes) is 1. The smallest absolute Gasteiger partial charge is 0.342 e. The van der Waals surface area contributed by atoms with Crippen LogP contribution >= 0.6 is 23.4 Å². The average molecular weight is 792 g/mol. The number of rotatable bonds is 17. The molecule has 6 atom stereocenters. The van der Waals surface area contributed by atoms with E-state index >= 15 is 0 Å². The van der Waals surface area contributed by atoms with Crippen LogP contribution < -0.4 is 21.3 Å². The summed E-state index contributed by atoms with van der Waals surface area (Å²) in [7, 11) is 0. The van der Waals surface area contributed by atoms with Gasteiger partial charge in [-0.2, -0.15) is 11.8 Å². The summed E-state index contributed by atoms with van der Waals surface area (Å²) in [5, 5.41) is 36.7. The molecule has 0 aromatic heterocycles. The Morgan fingerprint density at radius 1 is 1.02 bits per heavy atom. The van der Waals surface area contributed by atoms with Gasteiger partial charge in [-0.3, -0.25) is 9.59 Å². The number of thioether (sulfide) groups is 1. The number of amides is 4. The summed E-state index contributed by atoms with van der Waals surface area (Å²) in [5.74, 6) is -0.402. The molecule has 4 amide bonds. The van der Waals surface area contributed by atoms with Crippen LogP contribution in [0.4, 0.5) is 4.79 Å². The van der Waals surface area contributed by atoms with Crippen LogP contribution in [-0.2, 0) is 35.1 Å². The molecule has 3 aliphatic heterocycles. The fourth-order valence-electron chi connectivity index (χ4n) is 6.68. The number of hydrogen-bond donors (Lipinski definition) is 6. The number of fused-ring (bicyclic) bond motifs is 3. The zero-order chi connectivity index (χ0) is 38.5. The Kier molecular flexibility index (Phi) is 15.7. The molecule has 4 aliphatic rings. The molecular weight excluding hydrogens is 742 g/mol. The van der Waals surface area contributed by atoms with Crippen molar-refractivity contribution in [1.82, 2.24) is 21.3 Å². The Morgan fingerprint density at radius 3 is 2.56 bits per heavy atom. The number of cyclic esters (lactones) is 1. The summed E-state index contributed by atoms with van der Waals surface area (Å²) >= 11 is 8.26. The van der Waals surface area contributed by atoms with Crippen molar-refractivity contribution in [3.05, 3.63) is 46.5 Å². The van der Waals surface area contributed by atoms with E-state index < -0.39 is 36.1 Å². The van der Waals surface area contributed by atoms with Crippen LogP contribution in [0.15, 0.2) is 35.5 Å². The van der Waals surface area contributed by atoms with Crippen molar-refractivity contribution in [3.63, 3.8) is 0 Å². The zero-order valence-electron chi connectivity index (χ0n) is 30.4. The number of hydrogen-bond acceptors (Lipinski definition) is 12. The summed E-state index contributed by atoms with van der Waals surface area (Å²) in [6.45, 7) is 3.30. The van der Waals surface area contributed by atoms with Gasteiger partial charge in [0.25, 0.3) is 5.91 Å². The molecule has 5 rings (SSSR count). The molecule has 15 nitrogen and oxygen atoms in total. The van der Waals surface area contributed by atoms with E-state index in [9.17, 15) is 29.4 Å². The van der Waals surface area contributed by atoms with Gasteiger partial charge in [-0.05, 0) is 56.1 Å². The molecular formula is C37H50ClN5O10S. The highest BCUT2D eigenvalue weighted by Gasteiger charge is 2.42. The van der Waals surface area contributed by atoms with E-state index in [1.165, 1.54) is 0 Å². The monoisotopic (exact) mass is 791 g/mol. The fraction of sp³-hybridized carbons (Fsp3) is 0.595. The van der Waals surface area contributed by atoms with Gasteiger partial charge in [-0.1, -0.05) is 41.4 Å². The molecule has 3 heterocycles. The first-order valence-electron chi connectivity index (χ1n) is 18.4. The summed E-state index contributed by atoms with van der Waals surface area (Å²) in [6.07, 6.45) is 11.7. The number of oxime groups is 1. The Labute approximate surface area is 324 Å². The van der Waals surface area contributed by atoms with Crippen molar-refractivity contribution in [3.8, 4) is 11.5 Å². The van der Waals surface area contributed by atoms with E-state index in [1.807, 2.05) is 17.8 Å². The Hall–Kier alpha value is -3.99. The third kappa shape index (κ3) is 12.5. The SMILES string of the molecule is C[C@@H]1C[C@H]2C[C@@H]2\C=C/C=C/C(=N/OCC(=O)NCCOCCOCCNC(=O)CCCC[C@@H]2SC[C@@H]3NC(=O)N[C@@H]32)Cc2c(Cl)c(O)cc(O)c2C(=O)O1. The Balaban J connectivity index is 0.938. The van der Waals surface area contributed by atoms with Crippen molar-refractivity contribution in [2.45, 2.75) is 75.3 Å². The number of nitrogens with one attached hydrogen (secondary N) is 4. The van der Waals surface area contributed by atoms with Gasteiger partial charge in [0.15, 0.2) is 6.61 Å². The lowest BCUT2D eigenvalue weighted by molar-refractivity contribution is -0.126. The van der Waals surface area contributed by atoms with Crippen LogP contribution in [-0.4, -0.2) is 115 Å². The molecule has 296 valence electrons.